The average Bonchev–Trinajstić information content (AvgIpc) is 3.06. The van der Waals surface area contributed by atoms with Crippen LogP contribution in [0.25, 0.3) is 0 Å². The van der Waals surface area contributed by atoms with E-state index in [1.807, 2.05) is 7.05 Å². The third-order valence-corrected chi connectivity index (χ3v) is 5.03. The van der Waals surface area contributed by atoms with Crippen molar-refractivity contribution in [3.63, 3.8) is 0 Å². The van der Waals surface area contributed by atoms with Crippen molar-refractivity contribution in [3.05, 3.63) is 52.3 Å². The third-order valence-electron chi connectivity index (χ3n) is 4.29. The van der Waals surface area contributed by atoms with E-state index in [-0.39, 0.29) is 5.82 Å². The maximum atomic E-state index is 13.7. The minimum atomic E-state index is -0.272. The standard InChI is InChI=1S/C18H18Cl2FNO/c1-22(13-4-2-3-5-13)17-10-12(21)6-9-18(17)23-14-7-8-15(19)16(20)11-14/h6-11,13H,2-5H2,1H3. The van der Waals surface area contributed by atoms with Gasteiger partial charge in [-0.2, -0.15) is 0 Å². The van der Waals surface area contributed by atoms with Gasteiger partial charge in [0, 0.05) is 25.2 Å². The summed E-state index contributed by atoms with van der Waals surface area (Å²) in [7, 11) is 1.99. The summed E-state index contributed by atoms with van der Waals surface area (Å²) in [5.41, 5.74) is 0.753. The Bertz CT molecular complexity index is 701. The van der Waals surface area contributed by atoms with E-state index in [4.69, 9.17) is 27.9 Å². The summed E-state index contributed by atoms with van der Waals surface area (Å²) in [6, 6.07) is 10.1. The highest BCUT2D eigenvalue weighted by Crippen LogP contribution is 2.37. The Morgan fingerprint density at radius 1 is 1.04 bits per heavy atom. The van der Waals surface area contributed by atoms with E-state index in [2.05, 4.69) is 4.90 Å². The predicted molar refractivity (Wildman–Crippen MR) is 93.6 cm³/mol. The highest BCUT2D eigenvalue weighted by Gasteiger charge is 2.22. The number of nitrogens with zero attached hydrogens (tertiary/aromatic N) is 1. The van der Waals surface area contributed by atoms with Gasteiger partial charge in [0.05, 0.1) is 15.7 Å². The molecule has 0 heterocycles. The molecule has 0 aliphatic heterocycles. The van der Waals surface area contributed by atoms with E-state index in [1.54, 1.807) is 24.3 Å². The van der Waals surface area contributed by atoms with Crippen molar-refractivity contribution in [1.82, 2.24) is 0 Å². The molecule has 1 aliphatic carbocycles. The summed E-state index contributed by atoms with van der Waals surface area (Å²) in [5.74, 6) is 0.914. The summed E-state index contributed by atoms with van der Waals surface area (Å²) < 4.78 is 19.7. The molecule has 1 aliphatic rings. The summed E-state index contributed by atoms with van der Waals surface area (Å²) >= 11 is 12.0. The number of benzene rings is 2. The fourth-order valence-corrected chi connectivity index (χ4v) is 3.30. The average molecular weight is 354 g/mol. The van der Waals surface area contributed by atoms with Gasteiger partial charge in [0.25, 0.3) is 0 Å². The highest BCUT2D eigenvalue weighted by molar-refractivity contribution is 6.42. The summed E-state index contributed by atoms with van der Waals surface area (Å²) in [6.45, 7) is 0. The van der Waals surface area contributed by atoms with Gasteiger partial charge in [-0.1, -0.05) is 36.0 Å². The zero-order chi connectivity index (χ0) is 16.4. The minimum absolute atomic E-state index is 0.272. The van der Waals surface area contributed by atoms with Gasteiger partial charge in [0.1, 0.15) is 11.6 Å². The van der Waals surface area contributed by atoms with Crippen LogP contribution in [0.1, 0.15) is 25.7 Å². The van der Waals surface area contributed by atoms with Crippen LogP contribution in [0.2, 0.25) is 10.0 Å². The van der Waals surface area contributed by atoms with E-state index >= 15 is 0 Å². The van der Waals surface area contributed by atoms with Crippen molar-refractivity contribution in [2.24, 2.45) is 0 Å². The smallest absolute Gasteiger partial charge is 0.150 e. The molecule has 0 N–H and O–H groups in total. The zero-order valence-corrected chi connectivity index (χ0v) is 14.4. The Hall–Kier alpha value is -1.45. The lowest BCUT2D eigenvalue weighted by Crippen LogP contribution is -2.29. The minimum Gasteiger partial charge on any atom is -0.455 e. The maximum Gasteiger partial charge on any atom is 0.150 e. The Morgan fingerprint density at radius 3 is 2.48 bits per heavy atom. The molecule has 1 saturated carbocycles. The zero-order valence-electron chi connectivity index (χ0n) is 12.9. The number of rotatable bonds is 4. The van der Waals surface area contributed by atoms with E-state index in [1.165, 1.54) is 25.0 Å². The first-order valence-electron chi connectivity index (χ1n) is 7.70. The first-order chi connectivity index (χ1) is 11.0. The molecule has 2 aromatic rings. The SMILES string of the molecule is CN(c1cc(F)ccc1Oc1ccc(Cl)c(Cl)c1)C1CCCC1. The van der Waals surface area contributed by atoms with E-state index in [0.717, 1.165) is 18.5 Å². The fourth-order valence-electron chi connectivity index (χ4n) is 3.01. The molecule has 0 spiro atoms. The Labute approximate surface area is 145 Å². The monoisotopic (exact) mass is 353 g/mol. The van der Waals surface area contributed by atoms with E-state index in [0.29, 0.717) is 27.6 Å². The lowest BCUT2D eigenvalue weighted by atomic mass is 10.2. The second-order valence-electron chi connectivity index (χ2n) is 5.84. The van der Waals surface area contributed by atoms with Crippen LogP contribution in [0.5, 0.6) is 11.5 Å². The molecule has 0 amide bonds. The summed E-state index contributed by atoms with van der Waals surface area (Å²) in [4.78, 5) is 2.11. The first kappa shape index (κ1) is 16.4. The van der Waals surface area contributed by atoms with Crippen molar-refractivity contribution >= 4 is 28.9 Å². The van der Waals surface area contributed by atoms with Gasteiger partial charge in [0.2, 0.25) is 0 Å². The normalized spacial score (nSPS) is 15.0. The van der Waals surface area contributed by atoms with Gasteiger partial charge in [-0.25, -0.2) is 4.39 Å². The lowest BCUT2D eigenvalue weighted by molar-refractivity contribution is 0.477. The van der Waals surface area contributed by atoms with Crippen LogP contribution in [0.3, 0.4) is 0 Å². The van der Waals surface area contributed by atoms with Crippen LogP contribution >= 0.6 is 23.2 Å². The molecule has 122 valence electrons. The Kier molecular flexibility index (Phi) is 4.98. The van der Waals surface area contributed by atoms with Crippen molar-refractivity contribution in [2.45, 2.75) is 31.7 Å². The Morgan fingerprint density at radius 2 is 1.78 bits per heavy atom. The number of halogens is 3. The molecule has 3 rings (SSSR count). The van der Waals surface area contributed by atoms with Crippen molar-refractivity contribution < 1.29 is 9.13 Å². The molecule has 0 aromatic heterocycles. The molecule has 0 saturated heterocycles. The van der Waals surface area contributed by atoms with Crippen LogP contribution < -0.4 is 9.64 Å². The number of hydrogen-bond donors (Lipinski definition) is 0. The Balaban J connectivity index is 1.90. The van der Waals surface area contributed by atoms with Gasteiger partial charge < -0.3 is 9.64 Å². The van der Waals surface area contributed by atoms with Gasteiger partial charge in [0.15, 0.2) is 5.75 Å². The molecular formula is C18H18Cl2FNO. The molecule has 1 fully saturated rings. The first-order valence-corrected chi connectivity index (χ1v) is 8.45. The van der Waals surface area contributed by atoms with Crippen LogP contribution in [-0.2, 0) is 0 Å². The van der Waals surface area contributed by atoms with Gasteiger partial charge in [-0.05, 0) is 37.1 Å². The van der Waals surface area contributed by atoms with Crippen LogP contribution in [0.4, 0.5) is 10.1 Å². The van der Waals surface area contributed by atoms with E-state index < -0.39 is 0 Å². The van der Waals surface area contributed by atoms with Gasteiger partial charge in [-0.3, -0.25) is 0 Å². The van der Waals surface area contributed by atoms with Gasteiger partial charge >= 0.3 is 0 Å². The second-order valence-corrected chi connectivity index (χ2v) is 6.65. The molecule has 2 nitrogen and oxygen atoms in total. The topological polar surface area (TPSA) is 12.5 Å². The van der Waals surface area contributed by atoms with Crippen molar-refractivity contribution in [1.29, 1.82) is 0 Å². The number of hydrogen-bond acceptors (Lipinski definition) is 2. The van der Waals surface area contributed by atoms with Crippen molar-refractivity contribution in [3.8, 4) is 11.5 Å². The lowest BCUT2D eigenvalue weighted by Gasteiger charge is -2.28. The van der Waals surface area contributed by atoms with Crippen LogP contribution in [-0.4, -0.2) is 13.1 Å². The predicted octanol–water partition coefficient (Wildman–Crippen LogP) is 6.30. The molecule has 23 heavy (non-hydrogen) atoms. The van der Waals surface area contributed by atoms with Crippen molar-refractivity contribution in [2.75, 3.05) is 11.9 Å². The molecule has 0 bridgehead atoms. The summed E-state index contributed by atoms with van der Waals surface area (Å²) in [5, 5.41) is 0.901. The molecule has 5 heteroatoms. The van der Waals surface area contributed by atoms with Gasteiger partial charge in [-0.15, -0.1) is 0 Å². The third kappa shape index (κ3) is 3.73. The summed E-state index contributed by atoms with van der Waals surface area (Å²) in [6.07, 6.45) is 4.68. The highest BCUT2D eigenvalue weighted by atomic mass is 35.5. The largest absolute Gasteiger partial charge is 0.455 e. The number of ether oxygens (including phenoxy) is 1. The number of anilines is 1. The van der Waals surface area contributed by atoms with Crippen LogP contribution in [0, 0.1) is 5.82 Å². The van der Waals surface area contributed by atoms with Crippen LogP contribution in [0.15, 0.2) is 36.4 Å². The second kappa shape index (κ2) is 6.98. The maximum absolute atomic E-state index is 13.7. The molecule has 0 atom stereocenters. The molecule has 0 radical (unpaired) electrons. The molecular weight excluding hydrogens is 336 g/mol. The molecule has 2 aromatic carbocycles. The molecule has 0 unspecified atom stereocenters. The van der Waals surface area contributed by atoms with E-state index in [9.17, 15) is 4.39 Å². The fraction of sp³-hybridized carbons (Fsp3) is 0.333. The quantitative estimate of drug-likeness (QED) is 0.638.